The van der Waals surface area contributed by atoms with E-state index in [4.69, 9.17) is 18.8 Å². The zero-order valence-electron chi connectivity index (χ0n) is 19.9. The van der Waals surface area contributed by atoms with E-state index in [1.807, 2.05) is 60.6 Å². The van der Waals surface area contributed by atoms with Crippen LogP contribution < -0.4 is 10.2 Å². The van der Waals surface area contributed by atoms with E-state index in [9.17, 15) is 4.79 Å². The Morgan fingerprint density at radius 3 is 2.23 bits per heavy atom. The molecule has 31 heavy (non-hydrogen) atoms. The molecule has 3 heterocycles. The van der Waals surface area contributed by atoms with Crippen molar-refractivity contribution in [1.29, 1.82) is 0 Å². The fourth-order valence-corrected chi connectivity index (χ4v) is 3.36. The highest BCUT2D eigenvalue weighted by molar-refractivity contribution is 6.62. The summed E-state index contributed by atoms with van der Waals surface area (Å²) in [6.07, 6.45) is 1.51. The molecule has 2 fully saturated rings. The Bertz CT molecular complexity index is 739. The zero-order valence-corrected chi connectivity index (χ0v) is 19.9. The molecule has 1 amide bonds. The van der Waals surface area contributed by atoms with Gasteiger partial charge < -0.3 is 23.7 Å². The molecule has 0 spiro atoms. The highest BCUT2D eigenvalue weighted by Crippen LogP contribution is 2.36. The third-order valence-corrected chi connectivity index (χ3v) is 5.97. The topological polar surface area (TPSA) is 73.4 Å². The minimum atomic E-state index is -0.465. The van der Waals surface area contributed by atoms with Crippen LogP contribution in [0.3, 0.4) is 0 Å². The van der Waals surface area contributed by atoms with Crippen LogP contribution in [0.2, 0.25) is 0 Å². The first-order chi connectivity index (χ1) is 14.4. The molecule has 2 aliphatic heterocycles. The van der Waals surface area contributed by atoms with Crippen LogP contribution in [0.5, 0.6) is 5.88 Å². The molecule has 3 rings (SSSR count). The van der Waals surface area contributed by atoms with Crippen LogP contribution in [0.15, 0.2) is 18.3 Å². The van der Waals surface area contributed by atoms with Crippen LogP contribution in [-0.4, -0.2) is 84.1 Å². The molecule has 172 valence electrons. The Morgan fingerprint density at radius 1 is 1.10 bits per heavy atom. The molecule has 0 aliphatic carbocycles. The van der Waals surface area contributed by atoms with Gasteiger partial charge in [0.25, 0.3) is 0 Å². The Kier molecular flexibility index (Phi) is 6.88. The van der Waals surface area contributed by atoms with E-state index in [0.717, 1.165) is 25.1 Å². The molecule has 2 saturated heterocycles. The molecule has 0 saturated carbocycles. The van der Waals surface area contributed by atoms with Gasteiger partial charge in [-0.25, -0.2) is 9.78 Å². The SMILES string of the molecule is CC(C)(C)OC(=O)N1CCN(CCOc2ccc(B3OC(C)(C)C(C)(C)O3)cn2)CC1. The maximum absolute atomic E-state index is 12.1. The Hall–Kier alpha value is -1.84. The van der Waals surface area contributed by atoms with Crippen LogP contribution in [0.1, 0.15) is 48.5 Å². The van der Waals surface area contributed by atoms with Crippen molar-refractivity contribution in [3.8, 4) is 5.88 Å². The number of hydrogen-bond acceptors (Lipinski definition) is 7. The lowest BCUT2D eigenvalue weighted by Gasteiger charge is -2.35. The first kappa shape index (κ1) is 23.8. The van der Waals surface area contributed by atoms with Gasteiger partial charge in [0.05, 0.1) is 11.2 Å². The number of pyridine rings is 1. The van der Waals surface area contributed by atoms with Gasteiger partial charge in [0.2, 0.25) is 5.88 Å². The van der Waals surface area contributed by atoms with E-state index in [1.165, 1.54) is 0 Å². The molecule has 1 aromatic rings. The molecule has 0 aromatic carbocycles. The van der Waals surface area contributed by atoms with Crippen molar-refractivity contribution in [2.45, 2.75) is 65.3 Å². The van der Waals surface area contributed by atoms with E-state index in [1.54, 1.807) is 11.1 Å². The Labute approximate surface area is 186 Å². The first-order valence-electron chi connectivity index (χ1n) is 11.0. The van der Waals surface area contributed by atoms with Crippen molar-refractivity contribution >= 4 is 18.7 Å². The molecule has 9 heteroatoms. The van der Waals surface area contributed by atoms with Crippen molar-refractivity contribution < 1.29 is 23.6 Å². The molecule has 0 radical (unpaired) electrons. The van der Waals surface area contributed by atoms with Gasteiger partial charge in [-0.1, -0.05) is 6.07 Å². The third-order valence-electron chi connectivity index (χ3n) is 5.97. The van der Waals surface area contributed by atoms with E-state index >= 15 is 0 Å². The van der Waals surface area contributed by atoms with E-state index in [-0.39, 0.29) is 17.3 Å². The molecule has 0 unspecified atom stereocenters. The monoisotopic (exact) mass is 433 g/mol. The lowest BCUT2D eigenvalue weighted by atomic mass is 9.80. The van der Waals surface area contributed by atoms with Crippen LogP contribution >= 0.6 is 0 Å². The summed E-state index contributed by atoms with van der Waals surface area (Å²) in [6, 6.07) is 3.78. The summed E-state index contributed by atoms with van der Waals surface area (Å²) in [7, 11) is -0.423. The van der Waals surface area contributed by atoms with Gasteiger partial charge in [0, 0.05) is 44.4 Å². The molecule has 1 aromatic heterocycles. The van der Waals surface area contributed by atoms with Gasteiger partial charge in [0.15, 0.2) is 0 Å². The summed E-state index contributed by atoms with van der Waals surface area (Å²) in [6.45, 7) is 18.0. The fraction of sp³-hybridized carbons (Fsp3) is 0.727. The van der Waals surface area contributed by atoms with Crippen molar-refractivity contribution in [1.82, 2.24) is 14.8 Å². The van der Waals surface area contributed by atoms with Gasteiger partial charge in [-0.15, -0.1) is 0 Å². The summed E-state index contributed by atoms with van der Waals surface area (Å²) in [5, 5.41) is 0. The molecule has 0 atom stereocenters. The van der Waals surface area contributed by atoms with Crippen LogP contribution in [-0.2, 0) is 14.0 Å². The summed E-state index contributed by atoms with van der Waals surface area (Å²) in [5.74, 6) is 0.577. The molecule has 8 nitrogen and oxygen atoms in total. The van der Waals surface area contributed by atoms with Crippen molar-refractivity contribution in [2.75, 3.05) is 39.3 Å². The fourth-order valence-electron chi connectivity index (χ4n) is 3.36. The van der Waals surface area contributed by atoms with Crippen molar-refractivity contribution in [2.24, 2.45) is 0 Å². The molecule has 0 bridgehead atoms. The summed E-state index contributed by atoms with van der Waals surface area (Å²) in [4.78, 5) is 20.6. The largest absolute Gasteiger partial charge is 0.496 e. The van der Waals surface area contributed by atoms with Gasteiger partial charge in [0.1, 0.15) is 12.2 Å². The summed E-state index contributed by atoms with van der Waals surface area (Å²) in [5.41, 5.74) is -0.336. The Morgan fingerprint density at radius 2 is 1.71 bits per heavy atom. The smallest absolute Gasteiger partial charge is 0.476 e. The molecular formula is C22H36BN3O5. The minimum absolute atomic E-state index is 0.241. The number of hydrogen-bond donors (Lipinski definition) is 0. The lowest BCUT2D eigenvalue weighted by Crippen LogP contribution is -2.50. The third kappa shape index (κ3) is 6.11. The van der Waals surface area contributed by atoms with E-state index in [0.29, 0.717) is 25.6 Å². The van der Waals surface area contributed by atoms with Gasteiger partial charge in [-0.05, 0) is 54.5 Å². The van der Waals surface area contributed by atoms with Crippen LogP contribution in [0.4, 0.5) is 4.79 Å². The number of nitrogens with zero attached hydrogens (tertiary/aromatic N) is 3. The number of rotatable bonds is 5. The number of aromatic nitrogens is 1. The minimum Gasteiger partial charge on any atom is -0.476 e. The lowest BCUT2D eigenvalue weighted by molar-refractivity contribution is 0.00578. The number of piperazine rings is 1. The maximum atomic E-state index is 12.1. The first-order valence-corrected chi connectivity index (χ1v) is 11.0. The highest BCUT2D eigenvalue weighted by atomic mass is 16.7. The zero-order chi connectivity index (χ0) is 22.9. The predicted octanol–water partition coefficient (Wildman–Crippen LogP) is 2.31. The number of ether oxygens (including phenoxy) is 2. The predicted molar refractivity (Wildman–Crippen MR) is 120 cm³/mol. The average Bonchev–Trinajstić information content (AvgIpc) is 2.89. The van der Waals surface area contributed by atoms with Gasteiger partial charge in [-0.2, -0.15) is 0 Å². The summed E-state index contributed by atoms with van der Waals surface area (Å²) >= 11 is 0. The number of carbonyl (C=O) groups excluding carboxylic acids is 1. The average molecular weight is 433 g/mol. The Balaban J connectivity index is 1.40. The molecule has 2 aliphatic rings. The van der Waals surface area contributed by atoms with E-state index in [2.05, 4.69) is 9.88 Å². The van der Waals surface area contributed by atoms with Gasteiger partial charge >= 0.3 is 13.2 Å². The number of amides is 1. The van der Waals surface area contributed by atoms with Gasteiger partial charge in [-0.3, -0.25) is 4.90 Å². The molecule has 0 N–H and O–H groups in total. The number of carbonyl (C=O) groups is 1. The highest BCUT2D eigenvalue weighted by Gasteiger charge is 2.51. The van der Waals surface area contributed by atoms with Crippen LogP contribution in [0, 0.1) is 0 Å². The second-order valence-electron chi connectivity index (χ2n) is 10.2. The second kappa shape index (κ2) is 8.96. The van der Waals surface area contributed by atoms with Crippen molar-refractivity contribution in [3.05, 3.63) is 18.3 Å². The second-order valence-corrected chi connectivity index (χ2v) is 10.2. The quantitative estimate of drug-likeness (QED) is 0.660. The maximum Gasteiger partial charge on any atom is 0.496 e. The summed E-state index contributed by atoms with van der Waals surface area (Å²) < 4.78 is 23.4. The molecular weight excluding hydrogens is 397 g/mol. The standard InChI is InChI=1S/C22H36BN3O5/c1-20(2,3)29-19(27)26-12-10-25(11-13-26)14-15-28-18-9-8-17(16-24-18)23-30-21(4,5)22(6,7)31-23/h8-9,16H,10-15H2,1-7H3. The van der Waals surface area contributed by atoms with Crippen LogP contribution in [0.25, 0.3) is 0 Å². The van der Waals surface area contributed by atoms with Crippen molar-refractivity contribution in [3.63, 3.8) is 0 Å². The normalized spacial score (nSPS) is 21.3. The van der Waals surface area contributed by atoms with E-state index < -0.39 is 12.7 Å².